The fourth-order valence-electron chi connectivity index (χ4n) is 1.63. The van der Waals surface area contributed by atoms with Crippen LogP contribution >= 0.6 is 0 Å². The van der Waals surface area contributed by atoms with Gasteiger partial charge in [-0.05, 0) is 24.3 Å². The van der Waals surface area contributed by atoms with Crippen LogP contribution in [0.15, 0.2) is 48.5 Å². The van der Waals surface area contributed by atoms with E-state index in [1.54, 1.807) is 0 Å². The van der Waals surface area contributed by atoms with Crippen LogP contribution in [0.4, 0.5) is 0 Å². The zero-order valence-corrected chi connectivity index (χ0v) is 9.22. The molecule has 17 heavy (non-hydrogen) atoms. The molecule has 0 bridgehead atoms. The molecular formula is C14H9BN2. The first-order valence-electron chi connectivity index (χ1n) is 5.30. The van der Waals surface area contributed by atoms with Crippen molar-refractivity contribution in [3.05, 3.63) is 59.7 Å². The zero-order valence-electron chi connectivity index (χ0n) is 9.22. The van der Waals surface area contributed by atoms with Crippen molar-refractivity contribution in [3.8, 4) is 12.1 Å². The number of hydrogen-bond donors (Lipinski definition) is 0. The predicted octanol–water partition coefficient (Wildman–Crippen LogP) is 0.817. The molecule has 0 N–H and O–H groups in total. The Bertz CT molecular complexity index is 531. The van der Waals surface area contributed by atoms with Crippen LogP contribution in [0.25, 0.3) is 0 Å². The second kappa shape index (κ2) is 5.01. The SMILES string of the molecule is N#Cc1ccc(Bc2ccc(C#N)cc2)cc1. The van der Waals surface area contributed by atoms with Gasteiger partial charge in [0, 0.05) is 0 Å². The lowest BCUT2D eigenvalue weighted by Crippen LogP contribution is -2.26. The standard InChI is InChI=1S/C14H9BN2/c16-9-11-1-5-13(6-2-11)15-14-7-3-12(10-17)4-8-14/h1-8,15H. The first-order chi connectivity index (χ1) is 8.31. The van der Waals surface area contributed by atoms with Crippen LogP contribution in [0.3, 0.4) is 0 Å². The second-order valence-corrected chi connectivity index (χ2v) is 3.79. The van der Waals surface area contributed by atoms with E-state index < -0.39 is 0 Å². The Kier molecular flexibility index (Phi) is 3.24. The van der Waals surface area contributed by atoms with Gasteiger partial charge >= 0.3 is 0 Å². The summed E-state index contributed by atoms with van der Waals surface area (Å²) < 4.78 is 0. The highest BCUT2D eigenvalue weighted by molar-refractivity contribution is 6.67. The molecule has 2 aromatic carbocycles. The van der Waals surface area contributed by atoms with E-state index in [2.05, 4.69) is 12.1 Å². The van der Waals surface area contributed by atoms with Crippen molar-refractivity contribution in [1.29, 1.82) is 10.5 Å². The van der Waals surface area contributed by atoms with Crippen LogP contribution in [0.1, 0.15) is 11.1 Å². The lowest BCUT2D eigenvalue weighted by Gasteiger charge is -2.00. The number of nitriles is 2. The molecule has 0 heterocycles. The van der Waals surface area contributed by atoms with Crippen LogP contribution in [-0.2, 0) is 0 Å². The van der Waals surface area contributed by atoms with E-state index in [4.69, 9.17) is 10.5 Å². The minimum atomic E-state index is 0.675. The van der Waals surface area contributed by atoms with Gasteiger partial charge in [-0.3, -0.25) is 0 Å². The van der Waals surface area contributed by atoms with Gasteiger partial charge in [0.15, 0.2) is 7.28 Å². The van der Waals surface area contributed by atoms with E-state index in [0.717, 1.165) is 18.2 Å². The summed E-state index contributed by atoms with van der Waals surface area (Å²) in [5.74, 6) is 0. The van der Waals surface area contributed by atoms with Gasteiger partial charge in [0.05, 0.1) is 23.3 Å². The molecule has 2 aromatic rings. The molecule has 2 rings (SSSR count). The minimum Gasteiger partial charge on any atom is -0.192 e. The van der Waals surface area contributed by atoms with E-state index in [1.807, 2.05) is 48.5 Å². The summed E-state index contributed by atoms with van der Waals surface area (Å²) in [6, 6.07) is 19.3. The molecule has 0 atom stereocenters. The van der Waals surface area contributed by atoms with Gasteiger partial charge in [0.25, 0.3) is 0 Å². The van der Waals surface area contributed by atoms with Crippen LogP contribution in [-0.4, -0.2) is 7.28 Å². The smallest absolute Gasteiger partial charge is 0.192 e. The van der Waals surface area contributed by atoms with Crippen molar-refractivity contribution in [2.45, 2.75) is 0 Å². The average Bonchev–Trinajstić information content (AvgIpc) is 2.40. The molecule has 0 unspecified atom stereocenters. The average molecular weight is 216 g/mol. The van der Waals surface area contributed by atoms with Gasteiger partial charge < -0.3 is 0 Å². The summed E-state index contributed by atoms with van der Waals surface area (Å²) in [5, 5.41) is 17.4. The Morgan fingerprint density at radius 2 is 1.00 bits per heavy atom. The molecule has 78 valence electrons. The highest BCUT2D eigenvalue weighted by atomic mass is 14.2. The third-order valence-corrected chi connectivity index (χ3v) is 2.57. The summed E-state index contributed by atoms with van der Waals surface area (Å²) in [7, 11) is 0.817. The van der Waals surface area contributed by atoms with Crippen molar-refractivity contribution in [2.24, 2.45) is 0 Å². The van der Waals surface area contributed by atoms with Crippen molar-refractivity contribution in [3.63, 3.8) is 0 Å². The Hall–Kier alpha value is -2.52. The molecule has 0 aliphatic rings. The molecule has 0 fully saturated rings. The fourth-order valence-corrected chi connectivity index (χ4v) is 1.63. The molecule has 0 saturated heterocycles. The normalized spacial score (nSPS) is 9.06. The third-order valence-electron chi connectivity index (χ3n) is 2.57. The molecule has 0 saturated carbocycles. The van der Waals surface area contributed by atoms with Crippen LogP contribution in [0.5, 0.6) is 0 Å². The highest BCUT2D eigenvalue weighted by Gasteiger charge is 1.99. The summed E-state index contributed by atoms with van der Waals surface area (Å²) in [6.45, 7) is 0. The molecule has 0 radical (unpaired) electrons. The molecular weight excluding hydrogens is 207 g/mol. The Morgan fingerprint density at radius 3 is 1.29 bits per heavy atom. The van der Waals surface area contributed by atoms with Gasteiger partial charge in [0.1, 0.15) is 0 Å². The summed E-state index contributed by atoms with van der Waals surface area (Å²) in [5.41, 5.74) is 3.67. The molecule has 3 heteroatoms. The first-order valence-corrected chi connectivity index (χ1v) is 5.30. The first kappa shape index (κ1) is 11.0. The number of nitrogens with zero attached hydrogens (tertiary/aromatic N) is 2. The maximum absolute atomic E-state index is 8.70. The summed E-state index contributed by atoms with van der Waals surface area (Å²) >= 11 is 0. The zero-order chi connectivity index (χ0) is 12.1. The van der Waals surface area contributed by atoms with Crippen molar-refractivity contribution < 1.29 is 0 Å². The van der Waals surface area contributed by atoms with Crippen molar-refractivity contribution >= 4 is 18.2 Å². The number of hydrogen-bond acceptors (Lipinski definition) is 2. The van der Waals surface area contributed by atoms with Gasteiger partial charge in [-0.15, -0.1) is 0 Å². The van der Waals surface area contributed by atoms with E-state index in [0.29, 0.717) is 11.1 Å². The van der Waals surface area contributed by atoms with Gasteiger partial charge in [-0.1, -0.05) is 35.2 Å². The lowest BCUT2D eigenvalue weighted by molar-refractivity contribution is 1.49. The topological polar surface area (TPSA) is 47.6 Å². The lowest BCUT2D eigenvalue weighted by atomic mass is 9.64. The Labute approximate surface area is 101 Å². The Morgan fingerprint density at radius 1 is 0.647 bits per heavy atom. The van der Waals surface area contributed by atoms with E-state index in [1.165, 1.54) is 0 Å². The maximum Gasteiger partial charge on any atom is 0.192 e. The second-order valence-electron chi connectivity index (χ2n) is 3.79. The van der Waals surface area contributed by atoms with Crippen LogP contribution < -0.4 is 10.9 Å². The quantitative estimate of drug-likeness (QED) is 0.697. The molecule has 0 aliphatic carbocycles. The third kappa shape index (κ3) is 2.74. The van der Waals surface area contributed by atoms with Crippen LogP contribution in [0, 0.1) is 22.7 Å². The molecule has 0 amide bonds. The van der Waals surface area contributed by atoms with Gasteiger partial charge in [0.2, 0.25) is 0 Å². The van der Waals surface area contributed by atoms with Gasteiger partial charge in [-0.25, -0.2) is 0 Å². The molecule has 0 aliphatic heterocycles. The fraction of sp³-hybridized carbons (Fsp3) is 0. The largest absolute Gasteiger partial charge is 0.192 e. The highest BCUT2D eigenvalue weighted by Crippen LogP contribution is 1.95. The van der Waals surface area contributed by atoms with Crippen molar-refractivity contribution in [1.82, 2.24) is 0 Å². The maximum atomic E-state index is 8.70. The summed E-state index contributed by atoms with van der Waals surface area (Å²) in [4.78, 5) is 0. The number of benzene rings is 2. The predicted molar refractivity (Wildman–Crippen MR) is 68.7 cm³/mol. The van der Waals surface area contributed by atoms with E-state index in [-0.39, 0.29) is 0 Å². The molecule has 0 spiro atoms. The van der Waals surface area contributed by atoms with Gasteiger partial charge in [-0.2, -0.15) is 10.5 Å². The Balaban J connectivity index is 2.14. The van der Waals surface area contributed by atoms with E-state index >= 15 is 0 Å². The van der Waals surface area contributed by atoms with Crippen molar-refractivity contribution in [2.75, 3.05) is 0 Å². The van der Waals surface area contributed by atoms with E-state index in [9.17, 15) is 0 Å². The molecule has 2 nitrogen and oxygen atoms in total. The summed E-state index contributed by atoms with van der Waals surface area (Å²) in [6.07, 6.45) is 0. The van der Waals surface area contributed by atoms with Crippen LogP contribution in [0.2, 0.25) is 0 Å². The number of rotatable bonds is 2. The molecule has 0 aromatic heterocycles. The monoisotopic (exact) mass is 216 g/mol. The minimum absolute atomic E-state index is 0.675.